The van der Waals surface area contributed by atoms with Crippen molar-refractivity contribution in [1.29, 1.82) is 0 Å². The zero-order valence-corrected chi connectivity index (χ0v) is 16.4. The molecule has 9 nitrogen and oxygen atoms in total. The van der Waals surface area contributed by atoms with Gasteiger partial charge >= 0.3 is 11.9 Å². The summed E-state index contributed by atoms with van der Waals surface area (Å²) < 4.78 is 10.2. The van der Waals surface area contributed by atoms with Gasteiger partial charge in [-0.25, -0.2) is 0 Å². The van der Waals surface area contributed by atoms with E-state index >= 15 is 0 Å². The molecule has 152 valence electrons. The topological polar surface area (TPSA) is 128 Å². The Bertz CT molecular complexity index is 567. The van der Waals surface area contributed by atoms with Crippen LogP contribution in [-0.2, 0) is 33.4 Å². The van der Waals surface area contributed by atoms with E-state index in [2.05, 4.69) is 10.6 Å². The minimum Gasteiger partial charge on any atom is -0.465 e. The second-order valence-corrected chi connectivity index (χ2v) is 7.13. The van der Waals surface area contributed by atoms with Crippen LogP contribution in [0.25, 0.3) is 0 Å². The summed E-state index contributed by atoms with van der Waals surface area (Å²) in [6.45, 7) is 3.79. The fourth-order valence-corrected chi connectivity index (χ4v) is 2.84. The highest BCUT2D eigenvalue weighted by molar-refractivity contribution is 8.13. The molecule has 1 saturated heterocycles. The standard InChI is InChI=1S/C17H26N2O7S/c1-3-9-25-17(24)11(2)15-16(23)19-7-6-12(20)18-8-10-27-14(22)5-4-13(21)26-15/h11,15H,3-10H2,1-2H3,(H,18,20)(H,19,23). The highest BCUT2D eigenvalue weighted by Crippen LogP contribution is 2.14. The number of hydrogen-bond donors (Lipinski definition) is 2. The van der Waals surface area contributed by atoms with E-state index in [1.165, 1.54) is 6.92 Å². The molecule has 1 fully saturated rings. The van der Waals surface area contributed by atoms with E-state index in [0.717, 1.165) is 11.8 Å². The summed E-state index contributed by atoms with van der Waals surface area (Å²) in [6, 6.07) is 0. The number of nitrogens with one attached hydrogen (secondary N) is 2. The van der Waals surface area contributed by atoms with Crippen molar-refractivity contribution in [2.45, 2.75) is 45.6 Å². The summed E-state index contributed by atoms with van der Waals surface area (Å²) in [4.78, 5) is 59.9. The monoisotopic (exact) mass is 402 g/mol. The van der Waals surface area contributed by atoms with Gasteiger partial charge in [0.15, 0.2) is 11.2 Å². The van der Waals surface area contributed by atoms with Crippen LogP contribution < -0.4 is 10.6 Å². The largest absolute Gasteiger partial charge is 0.465 e. The average Bonchev–Trinajstić information content (AvgIpc) is 2.64. The van der Waals surface area contributed by atoms with Gasteiger partial charge < -0.3 is 20.1 Å². The molecule has 27 heavy (non-hydrogen) atoms. The Morgan fingerprint density at radius 2 is 1.93 bits per heavy atom. The Morgan fingerprint density at radius 1 is 1.19 bits per heavy atom. The number of amides is 2. The molecule has 2 amide bonds. The number of carbonyl (C=O) groups is 5. The summed E-state index contributed by atoms with van der Waals surface area (Å²) in [5.74, 6) is -2.99. The van der Waals surface area contributed by atoms with Crippen LogP contribution in [-0.4, -0.2) is 60.4 Å². The molecule has 0 aliphatic carbocycles. The molecule has 1 rings (SSSR count). The fourth-order valence-electron chi connectivity index (χ4n) is 2.16. The minimum absolute atomic E-state index is 0.0275. The molecule has 0 aromatic heterocycles. The van der Waals surface area contributed by atoms with Gasteiger partial charge in [0.05, 0.1) is 13.0 Å². The average molecular weight is 402 g/mol. The summed E-state index contributed by atoms with van der Waals surface area (Å²) >= 11 is 1.02. The van der Waals surface area contributed by atoms with Crippen LogP contribution in [0.3, 0.4) is 0 Å². The second-order valence-electron chi connectivity index (χ2n) is 5.98. The van der Waals surface area contributed by atoms with Crippen molar-refractivity contribution < 1.29 is 33.4 Å². The van der Waals surface area contributed by atoms with Crippen molar-refractivity contribution in [3.05, 3.63) is 0 Å². The first kappa shape index (κ1) is 22.9. The van der Waals surface area contributed by atoms with E-state index < -0.39 is 29.9 Å². The molecule has 1 aliphatic heterocycles. The molecule has 2 atom stereocenters. The lowest BCUT2D eigenvalue weighted by Crippen LogP contribution is -2.45. The maximum Gasteiger partial charge on any atom is 0.312 e. The van der Waals surface area contributed by atoms with Gasteiger partial charge in [0.25, 0.3) is 5.91 Å². The normalized spacial score (nSPS) is 21.8. The Kier molecular flexibility index (Phi) is 10.5. The number of esters is 2. The van der Waals surface area contributed by atoms with Crippen molar-refractivity contribution in [3.8, 4) is 0 Å². The third kappa shape index (κ3) is 8.89. The van der Waals surface area contributed by atoms with Crippen molar-refractivity contribution in [2.75, 3.05) is 25.4 Å². The molecule has 1 heterocycles. The Balaban J connectivity index is 2.84. The number of ether oxygens (including phenoxy) is 2. The smallest absolute Gasteiger partial charge is 0.312 e. The molecule has 0 spiro atoms. The fraction of sp³-hybridized carbons (Fsp3) is 0.706. The van der Waals surface area contributed by atoms with Gasteiger partial charge in [0.1, 0.15) is 5.92 Å². The Labute approximate surface area is 162 Å². The van der Waals surface area contributed by atoms with Crippen molar-refractivity contribution >= 4 is 40.6 Å². The molecule has 2 unspecified atom stereocenters. The second kappa shape index (κ2) is 12.3. The quantitative estimate of drug-likeness (QED) is 0.637. The molecule has 0 radical (unpaired) electrons. The van der Waals surface area contributed by atoms with Gasteiger partial charge in [-0.1, -0.05) is 18.7 Å². The third-order valence-corrected chi connectivity index (χ3v) is 4.60. The van der Waals surface area contributed by atoms with Crippen molar-refractivity contribution in [1.82, 2.24) is 10.6 Å². The van der Waals surface area contributed by atoms with Gasteiger partial charge in [-0.05, 0) is 13.3 Å². The van der Waals surface area contributed by atoms with Gasteiger partial charge in [-0.15, -0.1) is 0 Å². The number of cyclic esters (lactones) is 1. The Morgan fingerprint density at radius 3 is 2.63 bits per heavy atom. The van der Waals surface area contributed by atoms with E-state index in [0.29, 0.717) is 18.7 Å². The van der Waals surface area contributed by atoms with Gasteiger partial charge in [-0.3, -0.25) is 24.0 Å². The van der Waals surface area contributed by atoms with Crippen LogP contribution in [0.15, 0.2) is 0 Å². The Hall–Kier alpha value is -2.10. The number of carbonyl (C=O) groups excluding carboxylic acids is 5. The molecule has 0 aromatic carbocycles. The molecule has 2 N–H and O–H groups in total. The molecular weight excluding hydrogens is 376 g/mol. The lowest BCUT2D eigenvalue weighted by Gasteiger charge is -2.22. The van der Waals surface area contributed by atoms with Crippen LogP contribution in [0.1, 0.15) is 39.5 Å². The predicted molar refractivity (Wildman–Crippen MR) is 97.6 cm³/mol. The van der Waals surface area contributed by atoms with Crippen molar-refractivity contribution in [2.24, 2.45) is 5.92 Å². The molecule has 10 heteroatoms. The number of hydrogen-bond acceptors (Lipinski definition) is 8. The number of rotatable bonds is 4. The van der Waals surface area contributed by atoms with Crippen LogP contribution >= 0.6 is 11.8 Å². The lowest BCUT2D eigenvalue weighted by atomic mass is 10.0. The van der Waals surface area contributed by atoms with Crippen LogP contribution in [0.2, 0.25) is 0 Å². The SMILES string of the molecule is CCCOC(=O)C(C)C1OC(=O)CCC(=O)SCCNC(=O)CCNC1=O. The van der Waals surface area contributed by atoms with Crippen LogP contribution in [0.4, 0.5) is 0 Å². The highest BCUT2D eigenvalue weighted by atomic mass is 32.2. The third-order valence-electron chi connectivity index (χ3n) is 3.66. The van der Waals surface area contributed by atoms with E-state index in [9.17, 15) is 24.0 Å². The van der Waals surface area contributed by atoms with Gasteiger partial charge in [0, 0.05) is 31.7 Å². The van der Waals surface area contributed by atoms with E-state index in [4.69, 9.17) is 9.47 Å². The zero-order chi connectivity index (χ0) is 20.2. The first-order valence-corrected chi connectivity index (χ1v) is 9.89. The van der Waals surface area contributed by atoms with Gasteiger partial charge in [-0.2, -0.15) is 0 Å². The summed E-state index contributed by atoms with van der Waals surface area (Å²) in [6.07, 6.45) is -0.999. The summed E-state index contributed by atoms with van der Waals surface area (Å²) in [5.41, 5.74) is 0. The van der Waals surface area contributed by atoms with E-state index in [-0.39, 0.29) is 43.4 Å². The zero-order valence-electron chi connectivity index (χ0n) is 15.6. The lowest BCUT2D eigenvalue weighted by molar-refractivity contribution is -0.167. The number of thioether (sulfide) groups is 1. The first-order chi connectivity index (χ1) is 12.8. The molecule has 0 aromatic rings. The maximum absolute atomic E-state index is 12.4. The maximum atomic E-state index is 12.4. The van der Waals surface area contributed by atoms with E-state index in [1.54, 1.807) is 0 Å². The molecule has 0 saturated carbocycles. The van der Waals surface area contributed by atoms with Crippen molar-refractivity contribution in [3.63, 3.8) is 0 Å². The predicted octanol–water partition coefficient (Wildman–Crippen LogP) is 0.164. The van der Waals surface area contributed by atoms with Gasteiger partial charge in [0.2, 0.25) is 5.91 Å². The summed E-state index contributed by atoms with van der Waals surface area (Å²) in [5, 5.41) is 4.92. The summed E-state index contributed by atoms with van der Waals surface area (Å²) in [7, 11) is 0. The molecule has 0 bridgehead atoms. The van der Waals surface area contributed by atoms with Crippen LogP contribution in [0, 0.1) is 5.92 Å². The molecular formula is C17H26N2O7S. The molecule has 1 aliphatic rings. The first-order valence-electron chi connectivity index (χ1n) is 8.91. The highest BCUT2D eigenvalue weighted by Gasteiger charge is 2.34. The van der Waals surface area contributed by atoms with Crippen LogP contribution in [0.5, 0.6) is 0 Å². The van der Waals surface area contributed by atoms with E-state index in [1.807, 2.05) is 6.92 Å². The minimum atomic E-state index is -1.39.